The summed E-state index contributed by atoms with van der Waals surface area (Å²) in [6.07, 6.45) is 0. The average Bonchev–Trinajstić information content (AvgIpc) is 2.39. The number of fused-ring (bicyclic) bond motifs is 1. The van der Waals surface area contributed by atoms with E-state index in [0.29, 0.717) is 18.1 Å². The molecule has 2 N–H and O–H groups in total. The Hall–Kier alpha value is -1.44. The zero-order valence-corrected chi connectivity index (χ0v) is 11.3. The highest BCUT2D eigenvalue weighted by atomic mass is 32.2. The van der Waals surface area contributed by atoms with E-state index in [0.717, 1.165) is 26.2 Å². The molecule has 0 unspecified atom stereocenters. The number of benzene rings is 1. The van der Waals surface area contributed by atoms with Gasteiger partial charge in [0.2, 0.25) is 0 Å². The van der Waals surface area contributed by atoms with Crippen molar-refractivity contribution < 1.29 is 8.42 Å². The minimum absolute atomic E-state index is 0.249. The summed E-state index contributed by atoms with van der Waals surface area (Å²) in [5.41, 5.74) is 0.614. The molecule has 3 rings (SSSR count). The van der Waals surface area contributed by atoms with E-state index in [-0.39, 0.29) is 4.90 Å². The van der Waals surface area contributed by atoms with Gasteiger partial charge in [-0.3, -0.25) is 4.90 Å². The van der Waals surface area contributed by atoms with Crippen LogP contribution in [0.2, 0.25) is 0 Å². The zero-order valence-electron chi connectivity index (χ0n) is 10.5. The van der Waals surface area contributed by atoms with Crippen molar-refractivity contribution in [1.29, 1.82) is 0 Å². The van der Waals surface area contributed by atoms with Crippen LogP contribution in [0.25, 0.3) is 0 Å². The van der Waals surface area contributed by atoms with Crippen molar-refractivity contribution >= 4 is 21.5 Å². The number of piperazine rings is 1. The minimum atomic E-state index is -3.56. The largest absolute Gasteiger partial charge is 0.341 e. The summed E-state index contributed by atoms with van der Waals surface area (Å²) in [6, 6.07) is 6.85. The van der Waals surface area contributed by atoms with Gasteiger partial charge in [-0.25, -0.2) is 0 Å². The molecular weight excluding hydrogens is 264 g/mol. The molecular formula is C12H16N4O2S. The molecule has 0 aliphatic carbocycles. The third-order valence-electron chi connectivity index (χ3n) is 3.26. The van der Waals surface area contributed by atoms with Gasteiger partial charge in [-0.05, 0) is 12.1 Å². The van der Waals surface area contributed by atoms with Gasteiger partial charge < -0.3 is 10.6 Å². The van der Waals surface area contributed by atoms with E-state index in [1.165, 1.54) is 0 Å². The van der Waals surface area contributed by atoms with Gasteiger partial charge in [-0.15, -0.1) is 4.40 Å². The van der Waals surface area contributed by atoms with Crippen molar-refractivity contribution in [2.24, 2.45) is 4.40 Å². The van der Waals surface area contributed by atoms with Gasteiger partial charge in [-0.1, -0.05) is 12.1 Å². The van der Waals surface area contributed by atoms with Crippen LogP contribution in [0.5, 0.6) is 0 Å². The zero-order chi connectivity index (χ0) is 13.3. The Morgan fingerprint density at radius 1 is 1.21 bits per heavy atom. The van der Waals surface area contributed by atoms with Gasteiger partial charge in [0, 0.05) is 26.2 Å². The maximum absolute atomic E-state index is 12.1. The van der Waals surface area contributed by atoms with Gasteiger partial charge in [-0.2, -0.15) is 8.42 Å². The van der Waals surface area contributed by atoms with Crippen LogP contribution in [0.1, 0.15) is 0 Å². The number of hydrogen-bond donors (Lipinski definition) is 2. The van der Waals surface area contributed by atoms with Crippen LogP contribution < -0.4 is 10.6 Å². The average molecular weight is 280 g/mol. The predicted molar refractivity (Wildman–Crippen MR) is 74.0 cm³/mol. The molecule has 1 aromatic rings. The molecule has 1 aromatic carbocycles. The van der Waals surface area contributed by atoms with Crippen LogP contribution in [0.3, 0.4) is 0 Å². The lowest BCUT2D eigenvalue weighted by atomic mass is 10.3. The van der Waals surface area contributed by atoms with Crippen LogP contribution >= 0.6 is 0 Å². The summed E-state index contributed by atoms with van der Waals surface area (Å²) in [6.45, 7) is 4.20. The molecule has 0 saturated carbocycles. The lowest BCUT2D eigenvalue weighted by Gasteiger charge is -2.28. The van der Waals surface area contributed by atoms with Crippen molar-refractivity contribution in [1.82, 2.24) is 10.2 Å². The molecule has 7 heteroatoms. The molecule has 2 aliphatic heterocycles. The highest BCUT2D eigenvalue weighted by Crippen LogP contribution is 2.26. The second-order valence-corrected chi connectivity index (χ2v) is 6.23. The fourth-order valence-corrected chi connectivity index (χ4v) is 3.46. The Morgan fingerprint density at radius 2 is 1.95 bits per heavy atom. The number of rotatable bonds is 2. The topological polar surface area (TPSA) is 73.8 Å². The number of hydrogen-bond acceptors (Lipinski definition) is 5. The molecule has 2 aliphatic rings. The number of nitrogens with one attached hydrogen (secondary N) is 2. The quantitative estimate of drug-likeness (QED) is 0.804. The number of sulfonamides is 1. The minimum Gasteiger partial charge on any atom is -0.341 e. The smallest absolute Gasteiger partial charge is 0.286 e. The highest BCUT2D eigenvalue weighted by Gasteiger charge is 2.25. The third kappa shape index (κ3) is 2.63. The second kappa shape index (κ2) is 4.92. The standard InChI is InChI=1S/C12H16N4O2S/c17-19(18)11-4-2-1-3-10(11)14-12(15-19)9-16-7-5-13-6-8-16/h1-4,13H,5-9H2,(H,14,15). The van der Waals surface area contributed by atoms with Crippen molar-refractivity contribution in [3.63, 3.8) is 0 Å². The number of nitrogens with zero attached hydrogens (tertiary/aromatic N) is 2. The molecule has 1 saturated heterocycles. The first kappa shape index (κ1) is 12.6. The van der Waals surface area contributed by atoms with E-state index in [9.17, 15) is 8.42 Å². The number of amidine groups is 1. The summed E-state index contributed by atoms with van der Waals surface area (Å²) >= 11 is 0. The van der Waals surface area contributed by atoms with Crippen LogP contribution in [0.4, 0.5) is 5.69 Å². The first-order valence-electron chi connectivity index (χ1n) is 6.28. The first-order valence-corrected chi connectivity index (χ1v) is 7.72. The monoisotopic (exact) mass is 280 g/mol. The Balaban J connectivity index is 1.83. The Bertz CT molecular complexity index is 606. The number of para-hydroxylation sites is 1. The normalized spacial score (nSPS) is 22.2. The molecule has 0 amide bonds. The fraction of sp³-hybridized carbons (Fsp3) is 0.417. The molecule has 102 valence electrons. The van der Waals surface area contributed by atoms with E-state index < -0.39 is 10.0 Å². The molecule has 0 bridgehead atoms. The Morgan fingerprint density at radius 3 is 2.74 bits per heavy atom. The maximum atomic E-state index is 12.1. The van der Waals surface area contributed by atoms with Gasteiger partial charge in [0.05, 0.1) is 12.2 Å². The van der Waals surface area contributed by atoms with Gasteiger partial charge >= 0.3 is 0 Å². The van der Waals surface area contributed by atoms with E-state index >= 15 is 0 Å². The predicted octanol–water partition coefficient (Wildman–Crippen LogP) is 0.105. The molecule has 0 radical (unpaired) electrons. The number of anilines is 1. The van der Waals surface area contributed by atoms with Crippen molar-refractivity contribution in [2.45, 2.75) is 4.90 Å². The lowest BCUT2D eigenvalue weighted by Crippen LogP contribution is -2.47. The molecule has 0 aromatic heterocycles. The van der Waals surface area contributed by atoms with Gasteiger partial charge in [0.25, 0.3) is 10.0 Å². The lowest BCUT2D eigenvalue weighted by molar-refractivity contribution is 0.272. The summed E-state index contributed by atoms with van der Waals surface area (Å²) in [7, 11) is -3.56. The van der Waals surface area contributed by atoms with Crippen molar-refractivity contribution in [2.75, 3.05) is 38.0 Å². The first-order chi connectivity index (χ1) is 9.15. The van der Waals surface area contributed by atoms with Crippen LogP contribution in [0.15, 0.2) is 33.6 Å². The SMILES string of the molecule is O=S1(=O)N=C(CN2CCNCC2)Nc2ccccc21. The molecule has 6 nitrogen and oxygen atoms in total. The van der Waals surface area contributed by atoms with Crippen LogP contribution in [0, 0.1) is 0 Å². The fourth-order valence-electron chi connectivity index (χ4n) is 2.32. The molecule has 2 heterocycles. The van der Waals surface area contributed by atoms with E-state index in [1.54, 1.807) is 18.2 Å². The van der Waals surface area contributed by atoms with E-state index in [1.807, 2.05) is 6.07 Å². The summed E-state index contributed by atoms with van der Waals surface area (Å²) in [5.74, 6) is 0.501. The Kier molecular flexibility index (Phi) is 3.26. The van der Waals surface area contributed by atoms with Gasteiger partial charge in [0.15, 0.2) is 0 Å². The maximum Gasteiger partial charge on any atom is 0.286 e. The highest BCUT2D eigenvalue weighted by molar-refractivity contribution is 7.90. The summed E-state index contributed by atoms with van der Waals surface area (Å²) in [4.78, 5) is 2.44. The van der Waals surface area contributed by atoms with Crippen LogP contribution in [-0.4, -0.2) is 51.9 Å². The summed E-state index contributed by atoms with van der Waals surface area (Å²) < 4.78 is 28.0. The van der Waals surface area contributed by atoms with Gasteiger partial charge in [0.1, 0.15) is 10.7 Å². The summed E-state index contributed by atoms with van der Waals surface area (Å²) in [5, 5.41) is 6.37. The molecule has 0 spiro atoms. The van der Waals surface area contributed by atoms with E-state index in [2.05, 4.69) is 19.9 Å². The molecule has 19 heavy (non-hydrogen) atoms. The van der Waals surface area contributed by atoms with E-state index in [4.69, 9.17) is 0 Å². The van der Waals surface area contributed by atoms with Crippen molar-refractivity contribution in [3.8, 4) is 0 Å². The Labute approximate surface area is 112 Å². The third-order valence-corrected chi connectivity index (χ3v) is 4.63. The second-order valence-electron chi connectivity index (χ2n) is 4.66. The van der Waals surface area contributed by atoms with Crippen LogP contribution in [-0.2, 0) is 10.0 Å². The molecule has 1 fully saturated rings. The molecule has 0 atom stereocenters. The van der Waals surface area contributed by atoms with Crippen molar-refractivity contribution in [3.05, 3.63) is 24.3 Å².